The molecule has 29 heavy (non-hydrogen) atoms. The summed E-state index contributed by atoms with van der Waals surface area (Å²) >= 11 is 5.99. The quantitative estimate of drug-likeness (QED) is 0.688. The summed E-state index contributed by atoms with van der Waals surface area (Å²) < 4.78 is 31.4. The number of nitrogens with one attached hydrogen (secondary N) is 1. The first-order chi connectivity index (χ1) is 13.8. The van der Waals surface area contributed by atoms with Gasteiger partial charge in [0.05, 0.1) is 18.5 Å². The first kappa shape index (κ1) is 19.5. The molecule has 8 heteroatoms. The lowest BCUT2D eigenvalue weighted by Gasteiger charge is -2.34. The summed E-state index contributed by atoms with van der Waals surface area (Å²) in [4.78, 5) is 12.7. The largest absolute Gasteiger partial charge is 0.476 e. The van der Waals surface area contributed by atoms with Crippen LogP contribution in [0.1, 0.15) is 5.56 Å². The Balaban J connectivity index is 1.51. The summed E-state index contributed by atoms with van der Waals surface area (Å²) in [6.07, 6.45) is 0.131. The predicted octanol–water partition coefficient (Wildman–Crippen LogP) is 3.34. The van der Waals surface area contributed by atoms with E-state index in [4.69, 9.17) is 16.3 Å². The fourth-order valence-electron chi connectivity index (χ4n) is 3.33. The van der Waals surface area contributed by atoms with Crippen LogP contribution in [0.4, 0.5) is 5.69 Å². The number of hydrogen-bond donors (Lipinski definition) is 1. The van der Waals surface area contributed by atoms with Gasteiger partial charge in [-0.1, -0.05) is 48.0 Å². The van der Waals surface area contributed by atoms with Gasteiger partial charge in [0.2, 0.25) is 10.0 Å². The van der Waals surface area contributed by atoms with Crippen LogP contribution >= 0.6 is 11.6 Å². The molecule has 1 amide bonds. The number of carbonyl (C=O) groups is 1. The molecule has 0 aromatic heterocycles. The van der Waals surface area contributed by atoms with Crippen LogP contribution in [0.3, 0.4) is 0 Å². The van der Waals surface area contributed by atoms with Crippen molar-refractivity contribution in [2.75, 3.05) is 17.1 Å². The molecule has 1 N–H and O–H groups in total. The van der Waals surface area contributed by atoms with E-state index in [0.717, 1.165) is 26.9 Å². The maximum atomic E-state index is 12.7. The van der Waals surface area contributed by atoms with Gasteiger partial charge in [-0.05, 0) is 40.6 Å². The average molecular weight is 431 g/mol. The van der Waals surface area contributed by atoms with Gasteiger partial charge in [0, 0.05) is 11.6 Å². The molecule has 3 aromatic rings. The molecular weight excluding hydrogens is 412 g/mol. The van der Waals surface area contributed by atoms with E-state index in [-0.39, 0.29) is 12.5 Å². The highest BCUT2D eigenvalue weighted by Crippen LogP contribution is 2.37. The molecule has 1 aliphatic rings. The number of anilines is 1. The number of hydrogen-bond acceptors (Lipinski definition) is 4. The van der Waals surface area contributed by atoms with Crippen LogP contribution in [0.5, 0.6) is 5.75 Å². The van der Waals surface area contributed by atoms with E-state index in [2.05, 4.69) is 5.32 Å². The zero-order valence-corrected chi connectivity index (χ0v) is 17.2. The van der Waals surface area contributed by atoms with Crippen molar-refractivity contribution in [2.45, 2.75) is 12.6 Å². The molecule has 0 unspecified atom stereocenters. The monoisotopic (exact) mass is 430 g/mol. The molecule has 6 nitrogen and oxygen atoms in total. The normalized spacial score (nSPS) is 16.2. The second kappa shape index (κ2) is 7.57. The standard InChI is InChI=1S/C21H19ClN2O4S/c1-29(26,27)24-13-20(28-19-9-8-17(22)11-18(19)24)21(25)23-12-14-6-7-15-4-2-3-5-16(15)10-14/h2-11,20H,12-13H2,1H3,(H,23,25)/t20-/m1/s1. The summed E-state index contributed by atoms with van der Waals surface area (Å²) in [5.41, 5.74) is 1.28. The highest BCUT2D eigenvalue weighted by atomic mass is 35.5. The fraction of sp³-hybridized carbons (Fsp3) is 0.190. The highest BCUT2D eigenvalue weighted by molar-refractivity contribution is 7.92. The van der Waals surface area contributed by atoms with Crippen LogP contribution in [-0.2, 0) is 21.4 Å². The second-order valence-corrected chi connectivity index (χ2v) is 9.26. The average Bonchev–Trinajstić information content (AvgIpc) is 2.70. The number of rotatable bonds is 4. The van der Waals surface area contributed by atoms with Crippen molar-refractivity contribution >= 4 is 44.0 Å². The van der Waals surface area contributed by atoms with Crippen molar-refractivity contribution in [3.63, 3.8) is 0 Å². The molecule has 1 aliphatic heterocycles. The molecule has 1 heterocycles. The van der Waals surface area contributed by atoms with E-state index in [9.17, 15) is 13.2 Å². The van der Waals surface area contributed by atoms with Gasteiger partial charge in [0.1, 0.15) is 5.75 Å². The number of sulfonamides is 1. The lowest BCUT2D eigenvalue weighted by atomic mass is 10.1. The third-order valence-electron chi connectivity index (χ3n) is 4.76. The van der Waals surface area contributed by atoms with Crippen molar-refractivity contribution < 1.29 is 17.9 Å². The first-order valence-corrected chi connectivity index (χ1v) is 11.2. The van der Waals surface area contributed by atoms with E-state index in [1.54, 1.807) is 12.1 Å². The summed E-state index contributed by atoms with van der Waals surface area (Å²) in [7, 11) is -3.60. The Bertz CT molecular complexity index is 1200. The van der Waals surface area contributed by atoms with E-state index in [1.807, 2.05) is 42.5 Å². The van der Waals surface area contributed by atoms with Crippen LogP contribution in [0.25, 0.3) is 10.8 Å². The molecule has 1 atom stereocenters. The molecule has 3 aromatic carbocycles. The number of halogens is 1. The van der Waals surface area contributed by atoms with Crippen molar-refractivity contribution in [3.05, 3.63) is 71.2 Å². The Morgan fingerprint density at radius 1 is 1.14 bits per heavy atom. The van der Waals surface area contributed by atoms with E-state index in [1.165, 1.54) is 6.07 Å². The zero-order valence-electron chi connectivity index (χ0n) is 15.6. The molecule has 0 saturated carbocycles. The van der Waals surface area contributed by atoms with Crippen LogP contribution in [0, 0.1) is 0 Å². The van der Waals surface area contributed by atoms with Crippen molar-refractivity contribution in [1.29, 1.82) is 0 Å². The van der Waals surface area contributed by atoms with Gasteiger partial charge < -0.3 is 10.1 Å². The number of fused-ring (bicyclic) bond motifs is 2. The van der Waals surface area contributed by atoms with Crippen LogP contribution < -0.4 is 14.4 Å². The zero-order chi connectivity index (χ0) is 20.6. The summed E-state index contributed by atoms with van der Waals surface area (Å²) in [6.45, 7) is 0.200. The first-order valence-electron chi connectivity index (χ1n) is 9.00. The van der Waals surface area contributed by atoms with Gasteiger partial charge in [-0.3, -0.25) is 9.10 Å². The highest BCUT2D eigenvalue weighted by Gasteiger charge is 2.35. The lowest BCUT2D eigenvalue weighted by molar-refractivity contribution is -0.127. The summed E-state index contributed by atoms with van der Waals surface area (Å²) in [6, 6.07) is 18.6. The van der Waals surface area contributed by atoms with Crippen LogP contribution in [0.15, 0.2) is 60.7 Å². The van der Waals surface area contributed by atoms with E-state index >= 15 is 0 Å². The number of carbonyl (C=O) groups excluding carboxylic acids is 1. The van der Waals surface area contributed by atoms with Gasteiger partial charge in [0.25, 0.3) is 5.91 Å². The Kier molecular flexibility index (Phi) is 5.10. The number of nitrogens with zero attached hydrogens (tertiary/aromatic N) is 1. The SMILES string of the molecule is CS(=O)(=O)N1C[C@H](C(=O)NCc2ccc3ccccc3c2)Oc2ccc(Cl)cc21. The smallest absolute Gasteiger partial charge is 0.263 e. The molecule has 0 fully saturated rings. The number of benzene rings is 3. The molecule has 0 aliphatic carbocycles. The minimum atomic E-state index is -3.60. The molecule has 0 saturated heterocycles. The van der Waals surface area contributed by atoms with E-state index < -0.39 is 16.1 Å². The molecule has 0 bridgehead atoms. The van der Waals surface area contributed by atoms with Gasteiger partial charge in [-0.15, -0.1) is 0 Å². The second-order valence-electron chi connectivity index (χ2n) is 6.91. The van der Waals surface area contributed by atoms with Crippen molar-refractivity contribution in [1.82, 2.24) is 5.32 Å². The van der Waals surface area contributed by atoms with E-state index in [0.29, 0.717) is 23.0 Å². The molecular formula is C21H19ClN2O4S. The Labute approximate surface area is 174 Å². The topological polar surface area (TPSA) is 75.7 Å². The maximum Gasteiger partial charge on any atom is 0.263 e. The summed E-state index contributed by atoms with van der Waals surface area (Å²) in [5, 5.41) is 5.43. The Morgan fingerprint density at radius 3 is 2.66 bits per heavy atom. The minimum absolute atomic E-state index is 0.115. The molecule has 0 radical (unpaired) electrons. The third kappa shape index (κ3) is 4.16. The molecule has 4 rings (SSSR count). The van der Waals surface area contributed by atoms with Crippen molar-refractivity contribution in [2.24, 2.45) is 0 Å². The Morgan fingerprint density at radius 2 is 1.90 bits per heavy atom. The van der Waals surface area contributed by atoms with Crippen molar-refractivity contribution in [3.8, 4) is 5.75 Å². The number of amides is 1. The fourth-order valence-corrected chi connectivity index (χ4v) is 4.40. The lowest BCUT2D eigenvalue weighted by Crippen LogP contribution is -2.50. The van der Waals surface area contributed by atoms with Gasteiger partial charge in [0.15, 0.2) is 6.10 Å². The number of ether oxygens (including phenoxy) is 1. The maximum absolute atomic E-state index is 12.7. The minimum Gasteiger partial charge on any atom is -0.476 e. The van der Waals surface area contributed by atoms with Crippen LogP contribution in [-0.4, -0.2) is 33.2 Å². The Hall–Kier alpha value is -2.77. The predicted molar refractivity (Wildman–Crippen MR) is 114 cm³/mol. The third-order valence-corrected chi connectivity index (χ3v) is 6.15. The van der Waals surface area contributed by atoms with Gasteiger partial charge >= 0.3 is 0 Å². The van der Waals surface area contributed by atoms with Crippen LogP contribution in [0.2, 0.25) is 5.02 Å². The van der Waals surface area contributed by atoms with Gasteiger partial charge in [-0.25, -0.2) is 8.42 Å². The van der Waals surface area contributed by atoms with Gasteiger partial charge in [-0.2, -0.15) is 0 Å². The molecule has 150 valence electrons. The summed E-state index contributed by atoms with van der Waals surface area (Å²) in [5.74, 6) is -0.0793. The molecule has 0 spiro atoms.